The van der Waals surface area contributed by atoms with Crippen LogP contribution in [0.1, 0.15) is 17.5 Å². The second kappa shape index (κ2) is 3.95. The Morgan fingerprint density at radius 1 is 1.27 bits per heavy atom. The summed E-state index contributed by atoms with van der Waals surface area (Å²) in [5.41, 5.74) is 9.11. The summed E-state index contributed by atoms with van der Waals surface area (Å²) in [6.07, 6.45) is 3.42. The molecule has 0 amide bonds. The Balaban J connectivity index is 2.31. The molecule has 0 saturated heterocycles. The summed E-state index contributed by atoms with van der Waals surface area (Å²) in [5.74, 6) is 0. The third-order valence-corrected chi connectivity index (χ3v) is 3.83. The Bertz CT molecular complexity index is 346. The maximum Gasteiger partial charge on any atom is 0.0369 e. The second-order valence-corrected chi connectivity index (χ2v) is 4.77. The van der Waals surface area contributed by atoms with Crippen LogP contribution < -0.4 is 5.73 Å². The van der Waals surface area contributed by atoms with Crippen LogP contribution in [0.5, 0.6) is 0 Å². The fraction of sp³-hybridized carbons (Fsp3) is 0.538. The van der Waals surface area contributed by atoms with Crippen LogP contribution in [0.2, 0.25) is 0 Å². The van der Waals surface area contributed by atoms with Gasteiger partial charge in [-0.15, -0.1) is 0 Å². The Hall–Kier alpha value is -0.860. The topological polar surface area (TPSA) is 29.3 Å². The van der Waals surface area contributed by atoms with Gasteiger partial charge in [0.2, 0.25) is 0 Å². The van der Waals surface area contributed by atoms with E-state index in [0.29, 0.717) is 0 Å². The number of likely N-dealkylation sites (N-methyl/N-ethyl adjacent to an activating group) is 1. The molecule has 15 heavy (non-hydrogen) atoms. The lowest BCUT2D eigenvalue weighted by Crippen LogP contribution is -2.53. The highest BCUT2D eigenvalue weighted by Crippen LogP contribution is 2.31. The number of aryl methyl sites for hydroxylation is 1. The molecule has 0 saturated carbocycles. The maximum atomic E-state index is 5.95. The van der Waals surface area contributed by atoms with Gasteiger partial charge >= 0.3 is 0 Å². The van der Waals surface area contributed by atoms with Gasteiger partial charge in [0.1, 0.15) is 0 Å². The molecule has 0 heterocycles. The summed E-state index contributed by atoms with van der Waals surface area (Å²) in [7, 11) is 4.28. The van der Waals surface area contributed by atoms with Crippen LogP contribution in [-0.2, 0) is 12.8 Å². The van der Waals surface area contributed by atoms with E-state index in [2.05, 4.69) is 43.3 Å². The molecule has 2 heteroatoms. The van der Waals surface area contributed by atoms with Crippen molar-refractivity contribution < 1.29 is 0 Å². The molecule has 0 fully saturated rings. The molecule has 0 aliphatic heterocycles. The van der Waals surface area contributed by atoms with Gasteiger partial charge in [-0.25, -0.2) is 0 Å². The molecule has 82 valence electrons. The van der Waals surface area contributed by atoms with Crippen LogP contribution >= 0.6 is 0 Å². The van der Waals surface area contributed by atoms with Crippen LogP contribution in [0.25, 0.3) is 0 Å². The monoisotopic (exact) mass is 204 g/mol. The first-order chi connectivity index (χ1) is 7.18. The number of hydrogen-bond acceptors (Lipinski definition) is 2. The zero-order valence-electron chi connectivity index (χ0n) is 9.66. The number of nitrogens with zero attached hydrogens (tertiary/aromatic N) is 1. The Morgan fingerprint density at radius 3 is 2.53 bits per heavy atom. The minimum atomic E-state index is 0.175. The molecule has 1 unspecified atom stereocenters. The summed E-state index contributed by atoms with van der Waals surface area (Å²) in [6.45, 7) is 0.744. The highest BCUT2D eigenvalue weighted by atomic mass is 15.2. The third-order valence-electron chi connectivity index (χ3n) is 3.83. The average Bonchev–Trinajstić information content (AvgIpc) is 2.28. The van der Waals surface area contributed by atoms with E-state index in [1.165, 1.54) is 17.5 Å². The molecule has 0 bridgehead atoms. The smallest absolute Gasteiger partial charge is 0.0369 e. The molecule has 1 aliphatic carbocycles. The second-order valence-electron chi connectivity index (χ2n) is 4.77. The standard InChI is InChI=1S/C13H20N2/c1-15(2)13(10-14)8-7-11-5-3-4-6-12(11)9-13/h3-6H,7-10,14H2,1-2H3. The van der Waals surface area contributed by atoms with Crippen molar-refractivity contribution in [2.75, 3.05) is 20.6 Å². The predicted octanol–water partition coefficient (Wildman–Crippen LogP) is 1.43. The molecule has 1 aromatic carbocycles. The first kappa shape index (κ1) is 10.7. The van der Waals surface area contributed by atoms with E-state index in [0.717, 1.165) is 19.4 Å². The summed E-state index contributed by atoms with van der Waals surface area (Å²) >= 11 is 0. The number of benzene rings is 1. The van der Waals surface area contributed by atoms with Gasteiger partial charge in [-0.2, -0.15) is 0 Å². The lowest BCUT2D eigenvalue weighted by atomic mass is 9.77. The molecule has 0 aromatic heterocycles. The van der Waals surface area contributed by atoms with Crippen LogP contribution in [0, 0.1) is 0 Å². The van der Waals surface area contributed by atoms with Crippen molar-refractivity contribution in [1.82, 2.24) is 4.90 Å². The molecular weight excluding hydrogens is 184 g/mol. The summed E-state index contributed by atoms with van der Waals surface area (Å²) in [5, 5.41) is 0. The molecule has 1 aliphatic rings. The number of nitrogens with two attached hydrogens (primary N) is 1. The van der Waals surface area contributed by atoms with Crippen LogP contribution in [-0.4, -0.2) is 31.1 Å². The van der Waals surface area contributed by atoms with E-state index >= 15 is 0 Å². The lowest BCUT2D eigenvalue weighted by Gasteiger charge is -2.42. The lowest BCUT2D eigenvalue weighted by molar-refractivity contribution is 0.139. The quantitative estimate of drug-likeness (QED) is 0.789. The largest absolute Gasteiger partial charge is 0.329 e. The van der Waals surface area contributed by atoms with Gasteiger partial charge in [0.15, 0.2) is 0 Å². The molecule has 0 radical (unpaired) electrons. The van der Waals surface area contributed by atoms with Crippen LogP contribution in [0.4, 0.5) is 0 Å². The van der Waals surface area contributed by atoms with Crippen molar-refractivity contribution in [1.29, 1.82) is 0 Å². The van der Waals surface area contributed by atoms with Gasteiger partial charge in [0.05, 0.1) is 0 Å². The van der Waals surface area contributed by atoms with Crippen molar-refractivity contribution >= 4 is 0 Å². The molecule has 2 N–H and O–H groups in total. The first-order valence-electron chi connectivity index (χ1n) is 5.62. The zero-order chi connectivity index (χ0) is 10.9. The van der Waals surface area contributed by atoms with E-state index < -0.39 is 0 Å². The minimum Gasteiger partial charge on any atom is -0.329 e. The number of fused-ring (bicyclic) bond motifs is 1. The highest BCUT2D eigenvalue weighted by Gasteiger charge is 2.34. The summed E-state index contributed by atoms with van der Waals surface area (Å²) < 4.78 is 0. The van der Waals surface area contributed by atoms with Gasteiger partial charge < -0.3 is 10.6 Å². The van der Waals surface area contributed by atoms with Gasteiger partial charge in [0.25, 0.3) is 0 Å². The van der Waals surface area contributed by atoms with Crippen LogP contribution in [0.15, 0.2) is 24.3 Å². The van der Waals surface area contributed by atoms with E-state index in [4.69, 9.17) is 5.73 Å². The van der Waals surface area contributed by atoms with Gasteiger partial charge in [-0.1, -0.05) is 24.3 Å². The molecular formula is C13H20N2. The van der Waals surface area contributed by atoms with Gasteiger partial charge in [0, 0.05) is 12.1 Å². The van der Waals surface area contributed by atoms with E-state index in [1.807, 2.05) is 0 Å². The van der Waals surface area contributed by atoms with Crippen molar-refractivity contribution in [3.8, 4) is 0 Å². The van der Waals surface area contributed by atoms with Crippen molar-refractivity contribution in [3.63, 3.8) is 0 Å². The molecule has 1 atom stereocenters. The van der Waals surface area contributed by atoms with Gasteiger partial charge in [-0.05, 0) is 44.5 Å². The third kappa shape index (κ3) is 1.80. The fourth-order valence-electron chi connectivity index (χ4n) is 2.52. The Labute approximate surface area is 92.1 Å². The normalized spacial score (nSPS) is 25.3. The average molecular weight is 204 g/mol. The summed E-state index contributed by atoms with van der Waals surface area (Å²) in [6, 6.07) is 8.73. The van der Waals surface area contributed by atoms with E-state index in [1.54, 1.807) is 0 Å². The summed E-state index contributed by atoms with van der Waals surface area (Å²) in [4.78, 5) is 2.29. The van der Waals surface area contributed by atoms with Crippen LogP contribution in [0.3, 0.4) is 0 Å². The molecule has 2 rings (SSSR count). The highest BCUT2D eigenvalue weighted by molar-refractivity contribution is 5.32. The first-order valence-corrected chi connectivity index (χ1v) is 5.62. The Morgan fingerprint density at radius 2 is 1.93 bits per heavy atom. The van der Waals surface area contributed by atoms with E-state index in [9.17, 15) is 0 Å². The minimum absolute atomic E-state index is 0.175. The predicted molar refractivity (Wildman–Crippen MR) is 63.9 cm³/mol. The van der Waals surface area contributed by atoms with Crippen molar-refractivity contribution in [2.45, 2.75) is 24.8 Å². The molecule has 0 spiro atoms. The molecule has 1 aromatic rings. The number of rotatable bonds is 2. The maximum absolute atomic E-state index is 5.95. The van der Waals surface area contributed by atoms with Gasteiger partial charge in [-0.3, -0.25) is 0 Å². The molecule has 2 nitrogen and oxygen atoms in total. The van der Waals surface area contributed by atoms with E-state index in [-0.39, 0.29) is 5.54 Å². The Kier molecular flexibility index (Phi) is 2.81. The SMILES string of the molecule is CN(C)C1(CN)CCc2ccccc2C1. The zero-order valence-corrected chi connectivity index (χ0v) is 9.66. The fourth-order valence-corrected chi connectivity index (χ4v) is 2.52. The number of hydrogen-bond donors (Lipinski definition) is 1. The van der Waals surface area contributed by atoms with Crippen molar-refractivity contribution in [2.24, 2.45) is 5.73 Å². The van der Waals surface area contributed by atoms with Crippen molar-refractivity contribution in [3.05, 3.63) is 35.4 Å².